The highest BCUT2D eigenvalue weighted by atomic mass is 16.2. The van der Waals surface area contributed by atoms with E-state index in [-0.39, 0.29) is 11.9 Å². The van der Waals surface area contributed by atoms with Gasteiger partial charge in [-0.05, 0) is 32.0 Å². The predicted octanol–water partition coefficient (Wildman–Crippen LogP) is 3.15. The molecule has 32 heavy (non-hydrogen) atoms. The van der Waals surface area contributed by atoms with E-state index in [1.165, 1.54) is 0 Å². The molecule has 1 fully saturated rings. The fourth-order valence-corrected chi connectivity index (χ4v) is 4.50. The Morgan fingerprint density at radius 3 is 2.50 bits per heavy atom. The van der Waals surface area contributed by atoms with E-state index in [4.69, 9.17) is 5.73 Å². The Morgan fingerprint density at radius 1 is 1.03 bits per heavy atom. The van der Waals surface area contributed by atoms with Crippen LogP contribution in [0.4, 0.5) is 5.95 Å². The molecule has 0 bridgehead atoms. The number of carbonyl (C=O) groups excluding carboxylic acids is 1. The highest BCUT2D eigenvalue weighted by Crippen LogP contribution is 2.34. The van der Waals surface area contributed by atoms with Gasteiger partial charge in [-0.15, -0.1) is 0 Å². The molecule has 162 valence electrons. The van der Waals surface area contributed by atoms with Gasteiger partial charge >= 0.3 is 0 Å². The van der Waals surface area contributed by atoms with E-state index in [0.717, 1.165) is 59.6 Å². The molecule has 0 atom stereocenters. The number of nitrogens with two attached hydrogens (primary N) is 1. The van der Waals surface area contributed by atoms with E-state index < -0.39 is 0 Å². The third-order valence-electron chi connectivity index (χ3n) is 6.32. The third kappa shape index (κ3) is 3.76. The first kappa shape index (κ1) is 20.3. The average Bonchev–Trinajstić information content (AvgIpc) is 3.03. The van der Waals surface area contributed by atoms with Crippen LogP contribution in [0.15, 0.2) is 53.5 Å². The van der Waals surface area contributed by atoms with Gasteiger partial charge in [0.1, 0.15) is 0 Å². The zero-order valence-corrected chi connectivity index (χ0v) is 18.1. The molecule has 1 saturated heterocycles. The molecule has 3 aromatic rings. The van der Waals surface area contributed by atoms with E-state index in [2.05, 4.69) is 20.3 Å². The lowest BCUT2D eigenvalue weighted by molar-refractivity contribution is 0.0707. The average molecular weight is 427 g/mol. The Labute approximate surface area is 187 Å². The van der Waals surface area contributed by atoms with Crippen LogP contribution in [0.2, 0.25) is 0 Å². The first-order chi connectivity index (χ1) is 15.6. The predicted molar refractivity (Wildman–Crippen MR) is 127 cm³/mol. The number of anilines is 1. The zero-order valence-electron chi connectivity index (χ0n) is 18.1. The van der Waals surface area contributed by atoms with Crippen molar-refractivity contribution in [2.45, 2.75) is 25.4 Å². The number of hydrogen-bond donors (Lipinski definition) is 2. The second-order valence-corrected chi connectivity index (χ2v) is 8.25. The number of amides is 1. The summed E-state index contributed by atoms with van der Waals surface area (Å²) in [6.07, 6.45) is 3.83. The molecule has 1 amide bonds. The number of nitrogen functional groups attached to an aromatic ring is 1. The van der Waals surface area contributed by atoms with Gasteiger partial charge in [-0.2, -0.15) is 0 Å². The Bertz CT molecular complexity index is 1180. The molecule has 0 radical (unpaired) electrons. The van der Waals surface area contributed by atoms with E-state index in [1.54, 1.807) is 0 Å². The maximum Gasteiger partial charge on any atom is 0.253 e. The molecular weight excluding hydrogens is 400 g/mol. The smallest absolute Gasteiger partial charge is 0.253 e. The number of benzene rings is 2. The van der Waals surface area contributed by atoms with E-state index in [9.17, 15) is 4.79 Å². The summed E-state index contributed by atoms with van der Waals surface area (Å²) < 4.78 is 0. The quantitative estimate of drug-likeness (QED) is 0.671. The SMILES string of the molecule is CNC1CCN(C(=O)c2ccc(-c3nc(N)nc4c3CN=Cc3ccccc3-4)cc2)CC1. The summed E-state index contributed by atoms with van der Waals surface area (Å²) in [5, 5.41) is 3.30. The van der Waals surface area contributed by atoms with Crippen molar-refractivity contribution in [3.8, 4) is 22.5 Å². The van der Waals surface area contributed by atoms with Crippen molar-refractivity contribution in [2.24, 2.45) is 4.99 Å². The number of piperidine rings is 1. The summed E-state index contributed by atoms with van der Waals surface area (Å²) in [4.78, 5) is 28.6. The van der Waals surface area contributed by atoms with Crippen molar-refractivity contribution in [3.05, 3.63) is 65.2 Å². The molecule has 3 heterocycles. The van der Waals surface area contributed by atoms with Crippen molar-refractivity contribution in [2.75, 3.05) is 25.9 Å². The molecule has 2 aromatic carbocycles. The number of carbonyl (C=O) groups is 1. The van der Waals surface area contributed by atoms with Crippen LogP contribution < -0.4 is 11.1 Å². The van der Waals surface area contributed by atoms with Gasteiger partial charge in [0.15, 0.2) is 0 Å². The van der Waals surface area contributed by atoms with Crippen molar-refractivity contribution in [1.82, 2.24) is 20.2 Å². The number of aliphatic imine (C=N–C) groups is 1. The molecule has 2 aliphatic heterocycles. The van der Waals surface area contributed by atoms with Crippen LogP contribution in [0.25, 0.3) is 22.5 Å². The van der Waals surface area contributed by atoms with Crippen LogP contribution in [0, 0.1) is 0 Å². The lowest BCUT2D eigenvalue weighted by atomic mass is 9.97. The summed E-state index contributed by atoms with van der Waals surface area (Å²) in [6.45, 7) is 2.03. The summed E-state index contributed by atoms with van der Waals surface area (Å²) in [6, 6.07) is 16.1. The Morgan fingerprint density at radius 2 is 1.75 bits per heavy atom. The Hall–Kier alpha value is -3.58. The van der Waals surface area contributed by atoms with Crippen molar-refractivity contribution in [1.29, 1.82) is 0 Å². The fraction of sp³-hybridized carbons (Fsp3) is 0.280. The number of fused-ring (bicyclic) bond motifs is 3. The van der Waals surface area contributed by atoms with Gasteiger partial charge in [0, 0.05) is 53.2 Å². The lowest BCUT2D eigenvalue weighted by Gasteiger charge is -2.31. The van der Waals surface area contributed by atoms with E-state index in [1.807, 2.05) is 66.7 Å². The number of nitrogens with zero attached hydrogens (tertiary/aromatic N) is 4. The van der Waals surface area contributed by atoms with Crippen molar-refractivity contribution in [3.63, 3.8) is 0 Å². The maximum absolute atomic E-state index is 13.0. The first-order valence-corrected chi connectivity index (χ1v) is 11.0. The van der Waals surface area contributed by atoms with Crippen LogP contribution in [0.1, 0.15) is 34.3 Å². The normalized spacial score (nSPS) is 15.7. The summed E-state index contributed by atoms with van der Waals surface area (Å²) in [5.41, 5.74) is 12.2. The molecule has 1 aromatic heterocycles. The minimum atomic E-state index is 0.0747. The van der Waals surface area contributed by atoms with Gasteiger partial charge in [0.25, 0.3) is 5.91 Å². The highest BCUT2D eigenvalue weighted by molar-refractivity contribution is 5.95. The molecular formula is C25H26N6O. The van der Waals surface area contributed by atoms with Crippen molar-refractivity contribution >= 4 is 18.1 Å². The van der Waals surface area contributed by atoms with Crippen LogP contribution >= 0.6 is 0 Å². The monoisotopic (exact) mass is 426 g/mol. The van der Waals surface area contributed by atoms with E-state index >= 15 is 0 Å². The first-order valence-electron chi connectivity index (χ1n) is 11.0. The van der Waals surface area contributed by atoms with Gasteiger partial charge in [-0.25, -0.2) is 9.97 Å². The van der Waals surface area contributed by atoms with Crippen LogP contribution in [0.3, 0.4) is 0 Å². The minimum Gasteiger partial charge on any atom is -0.368 e. The fourth-order valence-electron chi connectivity index (χ4n) is 4.50. The molecule has 0 unspecified atom stereocenters. The summed E-state index contributed by atoms with van der Waals surface area (Å²) in [7, 11) is 1.98. The van der Waals surface area contributed by atoms with Crippen LogP contribution in [0.5, 0.6) is 0 Å². The summed E-state index contributed by atoms with van der Waals surface area (Å²) >= 11 is 0. The Kier molecular flexibility index (Phi) is 5.41. The van der Waals surface area contributed by atoms with Crippen molar-refractivity contribution < 1.29 is 4.79 Å². The van der Waals surface area contributed by atoms with Gasteiger partial charge in [0.2, 0.25) is 5.95 Å². The molecule has 3 N–H and O–H groups in total. The number of rotatable bonds is 3. The molecule has 7 heteroatoms. The number of nitrogens with one attached hydrogen (secondary N) is 1. The molecule has 7 nitrogen and oxygen atoms in total. The van der Waals surface area contributed by atoms with Crippen LogP contribution in [-0.4, -0.2) is 53.2 Å². The topological polar surface area (TPSA) is 96.5 Å². The largest absolute Gasteiger partial charge is 0.368 e. The number of likely N-dealkylation sites (tertiary alicyclic amines) is 1. The summed E-state index contributed by atoms with van der Waals surface area (Å²) in [5.74, 6) is 0.300. The van der Waals surface area contributed by atoms with Gasteiger partial charge in [-0.3, -0.25) is 9.79 Å². The molecule has 2 aliphatic rings. The maximum atomic E-state index is 13.0. The second kappa shape index (κ2) is 8.51. The molecule has 0 aliphatic carbocycles. The third-order valence-corrected chi connectivity index (χ3v) is 6.32. The molecule has 0 spiro atoms. The highest BCUT2D eigenvalue weighted by Gasteiger charge is 2.23. The number of aromatic nitrogens is 2. The Balaban J connectivity index is 1.46. The molecule has 5 rings (SSSR count). The van der Waals surface area contributed by atoms with E-state index in [0.29, 0.717) is 18.2 Å². The lowest BCUT2D eigenvalue weighted by Crippen LogP contribution is -2.43. The number of hydrogen-bond acceptors (Lipinski definition) is 6. The van der Waals surface area contributed by atoms with Gasteiger partial charge < -0.3 is 16.0 Å². The van der Waals surface area contributed by atoms with Crippen LogP contribution in [-0.2, 0) is 6.54 Å². The minimum absolute atomic E-state index is 0.0747. The van der Waals surface area contributed by atoms with Gasteiger partial charge in [0.05, 0.1) is 17.9 Å². The zero-order chi connectivity index (χ0) is 22.1. The standard InChI is InChI=1S/C25H26N6O/c1-27-19-10-12-31(13-11-19)24(32)17-8-6-16(7-9-17)22-21-15-28-14-18-4-2-3-5-20(18)23(21)30-25(26)29-22/h2-9,14,19,27H,10-13,15H2,1H3,(H2,26,29,30). The molecule has 0 saturated carbocycles. The second-order valence-electron chi connectivity index (χ2n) is 8.25. The van der Waals surface area contributed by atoms with Gasteiger partial charge in [-0.1, -0.05) is 36.4 Å².